The number of benzene rings is 1. The molecule has 0 aliphatic heterocycles. The number of aryl methyl sites for hydroxylation is 1. The van der Waals surface area contributed by atoms with Gasteiger partial charge in [-0.3, -0.25) is 4.68 Å². The zero-order valence-electron chi connectivity index (χ0n) is 13.9. The van der Waals surface area contributed by atoms with Gasteiger partial charge >= 0.3 is 5.82 Å². The van der Waals surface area contributed by atoms with Crippen molar-refractivity contribution in [1.29, 1.82) is 0 Å². The van der Waals surface area contributed by atoms with E-state index in [4.69, 9.17) is 4.74 Å². The summed E-state index contributed by atoms with van der Waals surface area (Å²) in [5.41, 5.74) is 2.05. The van der Waals surface area contributed by atoms with Crippen molar-refractivity contribution in [3.05, 3.63) is 68.7 Å². The van der Waals surface area contributed by atoms with Crippen LogP contribution in [0.1, 0.15) is 18.6 Å². The van der Waals surface area contributed by atoms with Gasteiger partial charge in [0.05, 0.1) is 10.2 Å². The molecular formula is C17H14BrFN4O3. The maximum atomic E-state index is 13.9. The summed E-state index contributed by atoms with van der Waals surface area (Å²) >= 11 is 3.22. The number of rotatable bonds is 5. The van der Waals surface area contributed by atoms with Crippen molar-refractivity contribution in [1.82, 2.24) is 14.8 Å². The van der Waals surface area contributed by atoms with Crippen molar-refractivity contribution >= 4 is 21.7 Å². The molecule has 2 heterocycles. The molecule has 0 N–H and O–H groups in total. The molecule has 0 saturated heterocycles. The van der Waals surface area contributed by atoms with Crippen LogP contribution in [-0.4, -0.2) is 19.7 Å². The van der Waals surface area contributed by atoms with Crippen LogP contribution < -0.4 is 4.74 Å². The highest BCUT2D eigenvalue weighted by Gasteiger charge is 2.23. The summed E-state index contributed by atoms with van der Waals surface area (Å²) < 4.78 is 21.8. The van der Waals surface area contributed by atoms with Gasteiger partial charge in [0.25, 0.3) is 0 Å². The molecule has 9 heteroatoms. The van der Waals surface area contributed by atoms with E-state index < -0.39 is 22.7 Å². The molecular weight excluding hydrogens is 407 g/mol. The first-order valence-electron chi connectivity index (χ1n) is 7.61. The van der Waals surface area contributed by atoms with Gasteiger partial charge in [-0.2, -0.15) is 5.10 Å². The van der Waals surface area contributed by atoms with Crippen molar-refractivity contribution in [2.45, 2.75) is 13.0 Å². The monoisotopic (exact) mass is 420 g/mol. The van der Waals surface area contributed by atoms with Crippen LogP contribution >= 0.6 is 15.9 Å². The zero-order chi connectivity index (χ0) is 18.8. The van der Waals surface area contributed by atoms with E-state index >= 15 is 0 Å². The third-order valence-corrected chi connectivity index (χ3v) is 4.26. The Hall–Kier alpha value is -2.81. The predicted molar refractivity (Wildman–Crippen MR) is 96.2 cm³/mol. The van der Waals surface area contributed by atoms with E-state index in [9.17, 15) is 14.5 Å². The van der Waals surface area contributed by atoms with Crippen molar-refractivity contribution in [3.63, 3.8) is 0 Å². The second-order valence-corrected chi connectivity index (χ2v) is 6.48. The summed E-state index contributed by atoms with van der Waals surface area (Å²) in [7, 11) is 1.77. The molecule has 0 aliphatic rings. The van der Waals surface area contributed by atoms with Crippen LogP contribution in [0, 0.1) is 15.9 Å². The molecule has 26 heavy (non-hydrogen) atoms. The Balaban J connectivity index is 2.03. The minimum absolute atomic E-state index is 0.00269. The fourth-order valence-corrected chi connectivity index (χ4v) is 2.94. The molecule has 0 spiro atoms. The van der Waals surface area contributed by atoms with Crippen LogP contribution in [0.4, 0.5) is 10.2 Å². The number of hydrogen-bond donors (Lipinski definition) is 0. The van der Waals surface area contributed by atoms with Gasteiger partial charge in [0.15, 0.2) is 6.20 Å². The average molecular weight is 421 g/mol. The molecule has 3 rings (SSSR count). The summed E-state index contributed by atoms with van der Waals surface area (Å²) in [5.74, 6) is -0.834. The van der Waals surface area contributed by atoms with Crippen molar-refractivity contribution < 1.29 is 14.1 Å². The molecule has 2 aromatic heterocycles. The molecule has 7 nitrogen and oxygen atoms in total. The second-order valence-electron chi connectivity index (χ2n) is 5.56. The van der Waals surface area contributed by atoms with Crippen molar-refractivity contribution in [2.24, 2.45) is 7.05 Å². The molecule has 1 atom stereocenters. The minimum Gasteiger partial charge on any atom is -0.478 e. The van der Waals surface area contributed by atoms with E-state index in [2.05, 4.69) is 26.0 Å². The van der Waals surface area contributed by atoms with Crippen LogP contribution in [0.2, 0.25) is 0 Å². The van der Waals surface area contributed by atoms with E-state index in [-0.39, 0.29) is 5.75 Å². The molecule has 1 aromatic carbocycles. The largest absolute Gasteiger partial charge is 0.478 e. The number of aromatic nitrogens is 3. The Bertz CT molecular complexity index is 976. The average Bonchev–Trinajstić information content (AvgIpc) is 3.00. The van der Waals surface area contributed by atoms with Crippen molar-refractivity contribution in [3.8, 4) is 17.0 Å². The van der Waals surface area contributed by atoms with E-state index in [0.717, 1.165) is 11.3 Å². The Morgan fingerprint density at radius 2 is 2.12 bits per heavy atom. The second kappa shape index (κ2) is 7.20. The highest BCUT2D eigenvalue weighted by atomic mass is 79.9. The highest BCUT2D eigenvalue weighted by molar-refractivity contribution is 9.10. The lowest BCUT2D eigenvalue weighted by Gasteiger charge is -2.18. The molecule has 1 unspecified atom stereocenters. The van der Waals surface area contributed by atoms with Gasteiger partial charge in [-0.05, 0) is 57.0 Å². The van der Waals surface area contributed by atoms with E-state index in [1.807, 2.05) is 0 Å². The standard InChI is InChI=1S/C17H14BrFN4O3/c1-10(26-16-7-11(18)9-20-17(16)23(24)25)14-8-12(19)3-4-13(14)15-5-6-21-22(15)2/h3-10H,1-2H3. The first kappa shape index (κ1) is 18.0. The normalized spacial score (nSPS) is 12.0. The molecule has 0 aliphatic carbocycles. The quantitative estimate of drug-likeness (QED) is 0.450. The predicted octanol–water partition coefficient (Wildman–Crippen LogP) is 4.43. The van der Waals surface area contributed by atoms with Crippen LogP contribution in [0.5, 0.6) is 5.75 Å². The molecule has 0 radical (unpaired) electrons. The molecule has 0 amide bonds. The topological polar surface area (TPSA) is 83.1 Å². The Kier molecular flexibility index (Phi) is 4.99. The van der Waals surface area contributed by atoms with Gasteiger partial charge in [-0.15, -0.1) is 0 Å². The number of halogens is 2. The zero-order valence-corrected chi connectivity index (χ0v) is 15.5. The summed E-state index contributed by atoms with van der Waals surface area (Å²) in [6.07, 6.45) is 2.29. The lowest BCUT2D eigenvalue weighted by molar-refractivity contribution is -0.390. The molecule has 0 fully saturated rings. The molecule has 3 aromatic rings. The maximum absolute atomic E-state index is 13.9. The Morgan fingerprint density at radius 1 is 1.35 bits per heavy atom. The number of hydrogen-bond acceptors (Lipinski definition) is 5. The van der Waals surface area contributed by atoms with Gasteiger partial charge in [-0.1, -0.05) is 0 Å². The summed E-state index contributed by atoms with van der Waals surface area (Å²) in [6.45, 7) is 1.69. The third kappa shape index (κ3) is 3.57. The number of nitro groups is 1. The molecule has 134 valence electrons. The van der Waals surface area contributed by atoms with Crippen LogP contribution in [-0.2, 0) is 7.05 Å². The van der Waals surface area contributed by atoms with E-state index in [1.54, 1.807) is 37.0 Å². The Morgan fingerprint density at radius 3 is 2.77 bits per heavy atom. The van der Waals surface area contributed by atoms with Gasteiger partial charge in [0.1, 0.15) is 11.9 Å². The number of pyridine rings is 1. The number of nitrogens with zero attached hydrogens (tertiary/aromatic N) is 4. The fraction of sp³-hybridized carbons (Fsp3) is 0.176. The lowest BCUT2D eigenvalue weighted by Crippen LogP contribution is -2.09. The summed E-state index contributed by atoms with van der Waals surface area (Å²) in [5, 5.41) is 15.3. The van der Waals surface area contributed by atoms with Crippen molar-refractivity contribution in [2.75, 3.05) is 0 Å². The molecule has 0 bridgehead atoms. The van der Waals surface area contributed by atoms with Crippen LogP contribution in [0.25, 0.3) is 11.3 Å². The highest BCUT2D eigenvalue weighted by Crippen LogP contribution is 2.35. The SMILES string of the molecule is CC(Oc1cc(Br)cnc1[N+](=O)[O-])c1cc(F)ccc1-c1ccnn1C. The summed E-state index contributed by atoms with van der Waals surface area (Å²) in [4.78, 5) is 14.3. The van der Waals surface area contributed by atoms with Gasteiger partial charge in [0, 0.05) is 30.4 Å². The first-order chi connectivity index (χ1) is 12.4. The van der Waals surface area contributed by atoms with Gasteiger partial charge in [-0.25, -0.2) is 4.39 Å². The van der Waals surface area contributed by atoms with Crippen LogP contribution in [0.3, 0.4) is 0 Å². The van der Waals surface area contributed by atoms with Gasteiger partial charge in [0.2, 0.25) is 5.75 Å². The third-order valence-electron chi connectivity index (χ3n) is 3.82. The molecule has 0 saturated carbocycles. The van der Waals surface area contributed by atoms with Gasteiger partial charge < -0.3 is 14.9 Å². The minimum atomic E-state index is -0.662. The Labute approximate surface area is 156 Å². The number of ether oxygens (including phenoxy) is 1. The maximum Gasteiger partial charge on any atom is 0.406 e. The fourth-order valence-electron chi connectivity index (χ4n) is 2.63. The summed E-state index contributed by atoms with van der Waals surface area (Å²) in [6, 6.07) is 7.60. The lowest BCUT2D eigenvalue weighted by atomic mass is 10.00. The first-order valence-corrected chi connectivity index (χ1v) is 8.40. The van der Waals surface area contributed by atoms with Crippen LogP contribution in [0.15, 0.2) is 47.2 Å². The smallest absolute Gasteiger partial charge is 0.406 e. The van der Waals surface area contributed by atoms with E-state index in [1.165, 1.54) is 24.4 Å². The van der Waals surface area contributed by atoms with E-state index in [0.29, 0.717) is 10.0 Å².